The number of nitrogens with one attached hydrogen (secondary N) is 1. The van der Waals surface area contributed by atoms with Gasteiger partial charge in [-0.25, -0.2) is 0 Å². The lowest BCUT2D eigenvalue weighted by molar-refractivity contribution is 0.0960. The highest BCUT2D eigenvalue weighted by atomic mass is 15.2. The maximum Gasteiger partial charge on any atom is 0.0132 e. The van der Waals surface area contributed by atoms with Gasteiger partial charge in [-0.05, 0) is 52.0 Å². The van der Waals surface area contributed by atoms with E-state index in [0.717, 1.165) is 5.92 Å². The molecule has 0 amide bonds. The predicted octanol–water partition coefficient (Wildman–Crippen LogP) is 3.52. The Morgan fingerprint density at radius 1 is 1.11 bits per heavy atom. The molecule has 1 aliphatic rings. The lowest BCUT2D eigenvalue weighted by atomic mass is 9.80. The lowest BCUT2D eigenvalue weighted by Gasteiger charge is -2.45. The topological polar surface area (TPSA) is 15.3 Å². The largest absolute Gasteiger partial charge is 0.309 e. The second-order valence-corrected chi connectivity index (χ2v) is 8.37. The normalized spacial score (nSPS) is 31.7. The SMILES string of the molecule is CC1CN(C)C(C)CC1NC(C)(C)CC(C)(C)C. The first kappa shape index (κ1) is 16.0. The standard InChI is InChI=1S/C16H34N2/c1-12-10-18(8)13(2)9-14(12)17-16(6,7)11-15(3,4)5/h12-14,17H,9-11H2,1-8H3. The van der Waals surface area contributed by atoms with Crippen LogP contribution in [0, 0.1) is 11.3 Å². The van der Waals surface area contributed by atoms with Gasteiger partial charge in [0.25, 0.3) is 0 Å². The van der Waals surface area contributed by atoms with Gasteiger partial charge in [-0.15, -0.1) is 0 Å². The van der Waals surface area contributed by atoms with Crippen LogP contribution in [0.2, 0.25) is 0 Å². The fourth-order valence-electron chi connectivity index (χ4n) is 3.62. The molecule has 18 heavy (non-hydrogen) atoms. The van der Waals surface area contributed by atoms with Crippen LogP contribution in [0.3, 0.4) is 0 Å². The van der Waals surface area contributed by atoms with Crippen molar-refractivity contribution in [1.29, 1.82) is 0 Å². The first-order valence-electron chi connectivity index (χ1n) is 7.48. The summed E-state index contributed by atoms with van der Waals surface area (Å²) in [5, 5.41) is 3.93. The van der Waals surface area contributed by atoms with Gasteiger partial charge < -0.3 is 10.2 Å². The highest BCUT2D eigenvalue weighted by molar-refractivity contribution is 4.92. The first-order chi connectivity index (χ1) is 8.00. The van der Waals surface area contributed by atoms with Crippen molar-refractivity contribution >= 4 is 0 Å². The minimum Gasteiger partial charge on any atom is -0.309 e. The molecule has 0 aliphatic carbocycles. The van der Waals surface area contributed by atoms with Crippen LogP contribution in [0.4, 0.5) is 0 Å². The zero-order chi connectivity index (χ0) is 14.1. The molecule has 0 aromatic rings. The van der Waals surface area contributed by atoms with E-state index in [9.17, 15) is 0 Å². The van der Waals surface area contributed by atoms with Crippen LogP contribution in [-0.2, 0) is 0 Å². The molecular weight excluding hydrogens is 220 g/mol. The number of nitrogens with zero attached hydrogens (tertiary/aromatic N) is 1. The summed E-state index contributed by atoms with van der Waals surface area (Å²) in [5.74, 6) is 0.741. The quantitative estimate of drug-likeness (QED) is 0.829. The molecule has 3 unspecified atom stereocenters. The zero-order valence-corrected chi connectivity index (χ0v) is 13.8. The van der Waals surface area contributed by atoms with Gasteiger partial charge in [0.1, 0.15) is 0 Å². The molecule has 0 radical (unpaired) electrons. The Bertz CT molecular complexity index is 265. The molecule has 108 valence electrons. The Kier molecular flexibility index (Phi) is 4.88. The molecule has 0 saturated carbocycles. The highest BCUT2D eigenvalue weighted by Gasteiger charge is 2.34. The molecule has 1 N–H and O–H groups in total. The molecule has 1 rings (SSSR count). The summed E-state index contributed by atoms with van der Waals surface area (Å²) in [4.78, 5) is 2.49. The van der Waals surface area contributed by atoms with Crippen molar-refractivity contribution < 1.29 is 0 Å². The molecule has 0 bridgehead atoms. The third-order valence-corrected chi connectivity index (χ3v) is 4.16. The Labute approximate surface area is 115 Å². The zero-order valence-electron chi connectivity index (χ0n) is 13.8. The van der Waals surface area contributed by atoms with E-state index in [-0.39, 0.29) is 5.54 Å². The van der Waals surface area contributed by atoms with Crippen LogP contribution in [0.15, 0.2) is 0 Å². The van der Waals surface area contributed by atoms with Crippen molar-refractivity contribution in [3.05, 3.63) is 0 Å². The average molecular weight is 254 g/mol. The summed E-state index contributed by atoms with van der Waals surface area (Å²) in [6.07, 6.45) is 2.48. The van der Waals surface area contributed by atoms with E-state index in [1.807, 2.05) is 0 Å². The Morgan fingerprint density at radius 2 is 1.67 bits per heavy atom. The molecule has 1 aliphatic heterocycles. The van der Waals surface area contributed by atoms with E-state index in [1.165, 1.54) is 19.4 Å². The van der Waals surface area contributed by atoms with Crippen LogP contribution in [0.25, 0.3) is 0 Å². The van der Waals surface area contributed by atoms with Crippen LogP contribution in [-0.4, -0.2) is 36.1 Å². The molecule has 1 heterocycles. The molecule has 0 aromatic heterocycles. The van der Waals surface area contributed by atoms with E-state index >= 15 is 0 Å². The summed E-state index contributed by atoms with van der Waals surface area (Å²) in [6, 6.07) is 1.36. The predicted molar refractivity (Wildman–Crippen MR) is 80.9 cm³/mol. The molecule has 1 saturated heterocycles. The van der Waals surface area contributed by atoms with Gasteiger partial charge >= 0.3 is 0 Å². The van der Waals surface area contributed by atoms with Crippen molar-refractivity contribution in [1.82, 2.24) is 10.2 Å². The summed E-state index contributed by atoms with van der Waals surface area (Å²) >= 11 is 0. The Morgan fingerprint density at radius 3 is 2.17 bits per heavy atom. The van der Waals surface area contributed by atoms with Gasteiger partial charge in [0.15, 0.2) is 0 Å². The molecule has 3 atom stereocenters. The van der Waals surface area contributed by atoms with E-state index in [4.69, 9.17) is 0 Å². The smallest absolute Gasteiger partial charge is 0.0132 e. The average Bonchev–Trinajstić information content (AvgIpc) is 2.09. The molecular formula is C16H34N2. The second-order valence-electron chi connectivity index (χ2n) is 8.37. The van der Waals surface area contributed by atoms with Crippen molar-refractivity contribution in [2.45, 2.75) is 78.9 Å². The summed E-state index contributed by atoms with van der Waals surface area (Å²) in [5.41, 5.74) is 0.615. The fourth-order valence-corrected chi connectivity index (χ4v) is 3.62. The van der Waals surface area contributed by atoms with Gasteiger partial charge in [0, 0.05) is 24.2 Å². The maximum atomic E-state index is 3.93. The molecule has 1 fully saturated rings. The van der Waals surface area contributed by atoms with Gasteiger partial charge in [0.05, 0.1) is 0 Å². The fraction of sp³-hybridized carbons (Fsp3) is 1.00. The van der Waals surface area contributed by atoms with E-state index in [0.29, 0.717) is 17.5 Å². The lowest BCUT2D eigenvalue weighted by Crippen LogP contribution is -2.57. The van der Waals surface area contributed by atoms with Crippen LogP contribution < -0.4 is 5.32 Å². The van der Waals surface area contributed by atoms with E-state index < -0.39 is 0 Å². The number of hydrogen-bond acceptors (Lipinski definition) is 2. The minimum atomic E-state index is 0.229. The van der Waals surface area contributed by atoms with Crippen molar-refractivity contribution in [3.63, 3.8) is 0 Å². The molecule has 0 spiro atoms. The first-order valence-corrected chi connectivity index (χ1v) is 7.48. The van der Waals surface area contributed by atoms with Gasteiger partial charge in [0.2, 0.25) is 0 Å². The minimum absolute atomic E-state index is 0.229. The van der Waals surface area contributed by atoms with Crippen LogP contribution in [0.1, 0.15) is 61.3 Å². The summed E-state index contributed by atoms with van der Waals surface area (Å²) in [6.45, 7) is 17.6. The Balaban J connectivity index is 2.60. The number of rotatable bonds is 3. The maximum absolute atomic E-state index is 3.93. The Hall–Kier alpha value is -0.0800. The summed E-state index contributed by atoms with van der Waals surface area (Å²) < 4.78 is 0. The van der Waals surface area contributed by atoms with Crippen LogP contribution >= 0.6 is 0 Å². The second kappa shape index (κ2) is 5.50. The third kappa shape index (κ3) is 4.89. The number of piperidine rings is 1. The highest BCUT2D eigenvalue weighted by Crippen LogP contribution is 2.29. The van der Waals surface area contributed by atoms with Crippen molar-refractivity contribution in [3.8, 4) is 0 Å². The van der Waals surface area contributed by atoms with Crippen molar-refractivity contribution in [2.24, 2.45) is 11.3 Å². The molecule has 2 heteroatoms. The van der Waals surface area contributed by atoms with E-state index in [2.05, 4.69) is 65.7 Å². The van der Waals surface area contributed by atoms with Gasteiger partial charge in [-0.2, -0.15) is 0 Å². The van der Waals surface area contributed by atoms with E-state index in [1.54, 1.807) is 0 Å². The number of hydrogen-bond donors (Lipinski definition) is 1. The van der Waals surface area contributed by atoms with Crippen LogP contribution in [0.5, 0.6) is 0 Å². The molecule has 0 aromatic carbocycles. The third-order valence-electron chi connectivity index (χ3n) is 4.16. The monoisotopic (exact) mass is 254 g/mol. The number of likely N-dealkylation sites (tertiary alicyclic amines) is 1. The summed E-state index contributed by atoms with van der Waals surface area (Å²) in [7, 11) is 2.25. The van der Waals surface area contributed by atoms with Crippen molar-refractivity contribution in [2.75, 3.05) is 13.6 Å². The van der Waals surface area contributed by atoms with Gasteiger partial charge in [-0.1, -0.05) is 27.7 Å². The van der Waals surface area contributed by atoms with Gasteiger partial charge in [-0.3, -0.25) is 0 Å². The molecule has 2 nitrogen and oxygen atoms in total.